The van der Waals surface area contributed by atoms with Gasteiger partial charge in [0.2, 0.25) is 0 Å². The quantitative estimate of drug-likeness (QED) is 0.251. The highest BCUT2D eigenvalue weighted by Gasteiger charge is 1.99. The Morgan fingerprint density at radius 3 is 2.04 bits per heavy atom. The second-order valence-corrected chi connectivity index (χ2v) is 4.91. The van der Waals surface area contributed by atoms with Crippen molar-refractivity contribution in [2.45, 2.75) is 12.8 Å². The molecular formula is C17H22N3O5+. The monoisotopic (exact) mass is 348 g/mol. The molecule has 0 aliphatic rings. The van der Waals surface area contributed by atoms with Gasteiger partial charge in [0.1, 0.15) is 22.2 Å². The number of amidine groups is 1. The van der Waals surface area contributed by atoms with Crippen LogP contribution in [0.15, 0.2) is 54.6 Å². The fourth-order valence-corrected chi connectivity index (χ4v) is 1.85. The van der Waals surface area contributed by atoms with Gasteiger partial charge in [0.25, 0.3) is 0 Å². The fourth-order valence-electron chi connectivity index (χ4n) is 1.85. The summed E-state index contributed by atoms with van der Waals surface area (Å²) >= 11 is 0. The summed E-state index contributed by atoms with van der Waals surface area (Å²) in [5.41, 5.74) is 6.12. The molecule has 2 aromatic rings. The molecule has 0 amide bonds. The van der Waals surface area contributed by atoms with Gasteiger partial charge >= 0.3 is 5.09 Å². The summed E-state index contributed by atoms with van der Waals surface area (Å²) in [6.07, 6.45) is 1.85. The zero-order valence-electron chi connectivity index (χ0n) is 13.7. The molecule has 8 heteroatoms. The summed E-state index contributed by atoms with van der Waals surface area (Å²) in [6, 6.07) is 17.1. The van der Waals surface area contributed by atoms with E-state index in [0.717, 1.165) is 24.3 Å². The van der Waals surface area contributed by atoms with Crippen molar-refractivity contribution in [1.29, 1.82) is 5.41 Å². The van der Waals surface area contributed by atoms with Gasteiger partial charge in [-0.15, -0.1) is 0 Å². The number of rotatable bonds is 8. The molecule has 0 unspecified atom stereocenters. The van der Waals surface area contributed by atoms with Crippen LogP contribution >= 0.6 is 0 Å². The lowest BCUT2D eigenvalue weighted by Crippen LogP contribution is -2.11. The van der Waals surface area contributed by atoms with Gasteiger partial charge in [-0.05, 0) is 37.1 Å². The lowest BCUT2D eigenvalue weighted by molar-refractivity contribution is -0.969. The third-order valence-electron chi connectivity index (χ3n) is 2.96. The van der Waals surface area contributed by atoms with Gasteiger partial charge in [0.15, 0.2) is 0 Å². The molecular weight excluding hydrogens is 326 g/mol. The molecule has 134 valence electrons. The number of hydrogen-bond donors (Lipinski definition) is 4. The topological polar surface area (TPSA) is 129 Å². The maximum Gasteiger partial charge on any atom is 0.472 e. The first-order valence-corrected chi connectivity index (χ1v) is 7.59. The largest absolute Gasteiger partial charge is 0.494 e. The molecule has 0 atom stereocenters. The highest BCUT2D eigenvalue weighted by molar-refractivity contribution is 5.95. The molecule has 0 aliphatic carbocycles. The number of hydrogen-bond acceptors (Lipinski definition) is 4. The Labute approximate surface area is 145 Å². The number of nitrogen functional groups attached to an aromatic ring is 1. The molecule has 0 radical (unpaired) electrons. The number of ether oxygens (including phenoxy) is 2. The minimum Gasteiger partial charge on any atom is -0.494 e. The Morgan fingerprint density at radius 2 is 1.48 bits per heavy atom. The summed E-state index contributed by atoms with van der Waals surface area (Å²) in [5.74, 6) is 1.69. The molecule has 0 fully saturated rings. The molecule has 0 spiro atoms. The minimum absolute atomic E-state index is 0.0525. The van der Waals surface area contributed by atoms with E-state index in [2.05, 4.69) is 0 Å². The van der Waals surface area contributed by atoms with Gasteiger partial charge in [0, 0.05) is 5.56 Å². The SMILES string of the molecule is N=C(N)c1cccc(OCCCCOc2ccccc2)c1.O=[N+](O)O. The summed E-state index contributed by atoms with van der Waals surface area (Å²) in [7, 11) is 0. The average molecular weight is 348 g/mol. The standard InChI is InChI=1S/C17H20N2O2.H2NO3/c18-17(19)14-7-6-10-16(13-14)21-12-5-4-11-20-15-8-2-1-3-9-15;2-1(3)4/h1-3,6-10,13H,4-5,11-12H2,(H3,18,19);(H2,2,3,4)/q;+1. The van der Waals surface area contributed by atoms with Crippen LogP contribution in [-0.2, 0) is 0 Å². The Kier molecular flexibility index (Phi) is 8.91. The number of unbranched alkanes of at least 4 members (excludes halogenated alkanes) is 1. The molecule has 2 aromatic carbocycles. The predicted molar refractivity (Wildman–Crippen MR) is 91.3 cm³/mol. The third-order valence-corrected chi connectivity index (χ3v) is 2.96. The zero-order chi connectivity index (χ0) is 18.5. The predicted octanol–water partition coefficient (Wildman–Crippen LogP) is 2.75. The van der Waals surface area contributed by atoms with E-state index in [9.17, 15) is 0 Å². The van der Waals surface area contributed by atoms with E-state index < -0.39 is 5.09 Å². The van der Waals surface area contributed by atoms with Crippen LogP contribution in [0.4, 0.5) is 0 Å². The van der Waals surface area contributed by atoms with Crippen molar-refractivity contribution in [3.8, 4) is 11.5 Å². The number of nitrogens with two attached hydrogens (primary N) is 1. The molecule has 0 aromatic heterocycles. The molecule has 0 bridgehead atoms. The third kappa shape index (κ3) is 9.44. The summed E-state index contributed by atoms with van der Waals surface area (Å²) < 4.78 is 11.2. The van der Waals surface area contributed by atoms with E-state index in [4.69, 9.17) is 35.9 Å². The van der Waals surface area contributed by atoms with Crippen LogP contribution in [0, 0.1) is 10.3 Å². The van der Waals surface area contributed by atoms with Gasteiger partial charge in [0.05, 0.1) is 13.2 Å². The van der Waals surface area contributed by atoms with Gasteiger partial charge in [-0.2, -0.15) is 0 Å². The number of benzene rings is 2. The van der Waals surface area contributed by atoms with E-state index >= 15 is 0 Å². The first-order valence-electron chi connectivity index (χ1n) is 7.59. The van der Waals surface area contributed by atoms with Crippen molar-refractivity contribution in [3.05, 3.63) is 65.1 Å². The summed E-state index contributed by atoms with van der Waals surface area (Å²) in [4.78, 5) is 8.47. The average Bonchev–Trinajstić information content (AvgIpc) is 2.58. The van der Waals surface area contributed by atoms with Crippen LogP contribution in [0.2, 0.25) is 0 Å². The van der Waals surface area contributed by atoms with Crippen molar-refractivity contribution in [3.63, 3.8) is 0 Å². The van der Waals surface area contributed by atoms with Crippen LogP contribution < -0.4 is 15.2 Å². The van der Waals surface area contributed by atoms with Crippen LogP contribution in [0.3, 0.4) is 0 Å². The lowest BCUT2D eigenvalue weighted by Gasteiger charge is -2.08. The Morgan fingerprint density at radius 1 is 0.960 bits per heavy atom. The van der Waals surface area contributed by atoms with Crippen molar-refractivity contribution >= 4 is 5.84 Å². The zero-order valence-corrected chi connectivity index (χ0v) is 13.7. The van der Waals surface area contributed by atoms with Crippen molar-refractivity contribution in [1.82, 2.24) is 0 Å². The van der Waals surface area contributed by atoms with Crippen LogP contribution in [-0.4, -0.2) is 34.6 Å². The fraction of sp³-hybridized carbons (Fsp3) is 0.235. The maximum absolute atomic E-state index is 8.47. The maximum atomic E-state index is 8.47. The first-order chi connectivity index (χ1) is 12.0. The van der Waals surface area contributed by atoms with E-state index in [1.165, 1.54) is 0 Å². The van der Waals surface area contributed by atoms with Gasteiger partial charge in [-0.25, -0.2) is 10.4 Å². The van der Waals surface area contributed by atoms with E-state index in [0.29, 0.717) is 18.8 Å². The normalized spacial score (nSPS) is 9.44. The Hall–Kier alpha value is -3.29. The van der Waals surface area contributed by atoms with Gasteiger partial charge in [-0.1, -0.05) is 30.3 Å². The lowest BCUT2D eigenvalue weighted by atomic mass is 10.2. The van der Waals surface area contributed by atoms with Crippen LogP contribution in [0.1, 0.15) is 18.4 Å². The van der Waals surface area contributed by atoms with Crippen molar-refractivity contribution in [2.24, 2.45) is 5.73 Å². The van der Waals surface area contributed by atoms with E-state index in [-0.39, 0.29) is 5.84 Å². The van der Waals surface area contributed by atoms with Crippen LogP contribution in [0.5, 0.6) is 11.5 Å². The highest BCUT2D eigenvalue weighted by atomic mass is 16.9. The molecule has 2 rings (SSSR count). The van der Waals surface area contributed by atoms with Gasteiger partial charge in [-0.3, -0.25) is 5.41 Å². The second kappa shape index (κ2) is 11.3. The minimum atomic E-state index is -1.25. The molecule has 0 heterocycles. The molecule has 0 saturated carbocycles. The molecule has 25 heavy (non-hydrogen) atoms. The summed E-state index contributed by atoms with van der Waals surface area (Å²) in [5, 5.41) is 19.9. The van der Waals surface area contributed by atoms with Crippen LogP contribution in [0.25, 0.3) is 0 Å². The van der Waals surface area contributed by atoms with Gasteiger partial charge < -0.3 is 15.2 Å². The molecule has 5 N–H and O–H groups in total. The second-order valence-electron chi connectivity index (χ2n) is 4.91. The Balaban J connectivity index is 0.000000705. The van der Waals surface area contributed by atoms with Crippen molar-refractivity contribution < 1.29 is 25.0 Å². The smallest absolute Gasteiger partial charge is 0.472 e. The van der Waals surface area contributed by atoms with E-state index in [1.54, 1.807) is 12.1 Å². The molecule has 8 nitrogen and oxygen atoms in total. The first kappa shape index (κ1) is 19.8. The summed E-state index contributed by atoms with van der Waals surface area (Å²) in [6.45, 7) is 1.31. The number of nitrogens with one attached hydrogen (secondary N) is 1. The molecule has 0 saturated heterocycles. The number of nitrogens with zero attached hydrogens (tertiary/aromatic N) is 1. The highest BCUT2D eigenvalue weighted by Crippen LogP contribution is 2.13. The Bertz CT molecular complexity index is 660. The molecule has 0 aliphatic heterocycles. The van der Waals surface area contributed by atoms with E-state index in [1.807, 2.05) is 42.5 Å². The number of para-hydroxylation sites is 1. The van der Waals surface area contributed by atoms with Crippen molar-refractivity contribution in [2.75, 3.05) is 13.2 Å².